The number of ether oxygens (including phenoxy) is 1. The number of hydrogen-bond donors (Lipinski definition) is 10. The first-order chi connectivity index (χ1) is 37.8. The van der Waals surface area contributed by atoms with E-state index in [0.717, 1.165) is 0 Å². The van der Waals surface area contributed by atoms with E-state index in [1.807, 2.05) is 13.8 Å². The topological polar surface area (TPSA) is 397 Å². The Labute approximate surface area is 470 Å². The molecular weight excluding hydrogens is 1080 g/mol. The number of hydrogen-bond acceptors (Lipinski definition) is 18. The Morgan fingerprint density at radius 1 is 0.963 bits per heavy atom. The number of Topliss-reactive ketones (excluding diaryl/α,β-unsaturated/α-hetero) is 3. The molecule has 2 fully saturated rings. The number of thioether (sulfide) groups is 1. The summed E-state index contributed by atoms with van der Waals surface area (Å²) in [5.41, 5.74) is 11.4. The predicted octanol–water partition coefficient (Wildman–Crippen LogP) is -1.74. The lowest BCUT2D eigenvalue weighted by atomic mass is 9.83. The van der Waals surface area contributed by atoms with Crippen molar-refractivity contribution in [3.8, 4) is 5.75 Å². The number of nitrogens with one attached hydrogen (secondary N) is 5. The summed E-state index contributed by atoms with van der Waals surface area (Å²) in [5.74, 6) is -12.5. The van der Waals surface area contributed by atoms with Crippen LogP contribution in [-0.2, 0) is 70.0 Å². The molecular formula is C53H77N9O16S2. The molecule has 0 bridgehead atoms. The van der Waals surface area contributed by atoms with Crippen LogP contribution in [0.15, 0.2) is 23.2 Å². The van der Waals surface area contributed by atoms with E-state index in [0.29, 0.717) is 11.8 Å². The minimum atomic E-state index is -2.40. The molecule has 4 heterocycles. The van der Waals surface area contributed by atoms with Gasteiger partial charge in [-0.3, -0.25) is 66.7 Å². The number of carbonyl (C=O) groups excluding carboxylic acids is 11. The van der Waals surface area contributed by atoms with Crippen molar-refractivity contribution in [3.63, 3.8) is 0 Å². The van der Waals surface area contributed by atoms with Crippen molar-refractivity contribution >= 4 is 98.1 Å². The van der Waals surface area contributed by atoms with Crippen molar-refractivity contribution in [2.75, 3.05) is 57.9 Å². The van der Waals surface area contributed by atoms with Crippen LogP contribution in [0.1, 0.15) is 91.0 Å². The summed E-state index contributed by atoms with van der Waals surface area (Å²) in [4.78, 5) is 154. The second-order valence-electron chi connectivity index (χ2n) is 21.1. The molecule has 3 aliphatic heterocycles. The first-order valence-electron chi connectivity index (χ1n) is 26.9. The molecule has 2 aromatic rings. The maximum atomic E-state index is 15.1. The molecule has 2 saturated heterocycles. The van der Waals surface area contributed by atoms with Crippen LogP contribution in [0.3, 0.4) is 0 Å². The van der Waals surface area contributed by atoms with E-state index in [1.165, 1.54) is 29.7 Å². The highest BCUT2D eigenvalue weighted by atomic mass is 32.2. The van der Waals surface area contributed by atoms with E-state index in [2.05, 4.69) is 26.3 Å². The number of nitrogens with two attached hydrogens (primary N) is 2. The molecule has 27 heteroatoms. The number of aromatic nitrogens is 1. The summed E-state index contributed by atoms with van der Waals surface area (Å²) >= 11 is 1.29. The van der Waals surface area contributed by atoms with E-state index in [1.54, 1.807) is 30.2 Å². The van der Waals surface area contributed by atoms with Crippen LogP contribution < -0.4 is 37.5 Å². The van der Waals surface area contributed by atoms with Gasteiger partial charge >= 0.3 is 0 Å². The first kappa shape index (κ1) is 64.7. The zero-order valence-electron chi connectivity index (χ0n) is 45.8. The molecule has 80 heavy (non-hydrogen) atoms. The van der Waals surface area contributed by atoms with Gasteiger partial charge < -0.3 is 57.8 Å². The zero-order chi connectivity index (χ0) is 59.1. The van der Waals surface area contributed by atoms with Gasteiger partial charge in [0.25, 0.3) is 0 Å². The number of nitrogens with zero attached hydrogens (tertiary/aromatic N) is 2. The largest absolute Gasteiger partial charge is 0.493 e. The number of rotatable bonds is 20. The van der Waals surface area contributed by atoms with Crippen molar-refractivity contribution < 1.29 is 77.0 Å². The van der Waals surface area contributed by atoms with Gasteiger partial charge in [-0.2, -0.15) is 11.8 Å². The quantitative estimate of drug-likeness (QED) is 0.0520. The summed E-state index contributed by atoms with van der Waals surface area (Å²) < 4.78 is 21.2. The number of fused-ring (bicyclic) bond motifs is 4. The number of imide groups is 1. The van der Waals surface area contributed by atoms with Crippen LogP contribution in [0.5, 0.6) is 5.75 Å². The Morgan fingerprint density at radius 2 is 1.69 bits per heavy atom. The number of ketones is 3. The lowest BCUT2D eigenvalue weighted by Crippen LogP contribution is -2.52. The third-order valence-corrected chi connectivity index (χ3v) is 17.8. The van der Waals surface area contributed by atoms with Crippen LogP contribution in [0.25, 0.3) is 10.9 Å². The smallest absolute Gasteiger partial charge is 0.243 e. The summed E-state index contributed by atoms with van der Waals surface area (Å²) in [6.07, 6.45) is -1.97. The summed E-state index contributed by atoms with van der Waals surface area (Å²) in [7, 11) is -2.40. The first-order valence-corrected chi connectivity index (χ1v) is 29.5. The molecule has 12 N–H and O–H groups in total. The minimum absolute atomic E-state index is 0.0206. The van der Waals surface area contributed by atoms with Crippen LogP contribution in [-0.4, -0.2) is 192 Å². The highest BCUT2D eigenvalue weighted by Gasteiger charge is 2.40. The molecule has 442 valence electrons. The number of amides is 8. The van der Waals surface area contributed by atoms with Crippen LogP contribution >= 0.6 is 11.8 Å². The molecule has 0 aliphatic carbocycles. The Hall–Kier alpha value is -6.13. The van der Waals surface area contributed by atoms with Crippen LogP contribution in [0.4, 0.5) is 0 Å². The summed E-state index contributed by atoms with van der Waals surface area (Å²) in [6, 6.07) is 0.719. The highest BCUT2D eigenvalue weighted by Crippen LogP contribution is 2.32. The number of aliphatic hydroxyl groups excluding tert-OH is 3. The predicted molar refractivity (Wildman–Crippen MR) is 292 cm³/mol. The number of likely N-dealkylation sites (tertiary alicyclic amines) is 1. The second kappa shape index (κ2) is 30.1. The van der Waals surface area contributed by atoms with Gasteiger partial charge in [0.15, 0.2) is 11.6 Å². The van der Waals surface area contributed by atoms with Crippen molar-refractivity contribution in [1.82, 2.24) is 36.1 Å². The van der Waals surface area contributed by atoms with Crippen molar-refractivity contribution in [2.24, 2.45) is 41.1 Å². The fourth-order valence-electron chi connectivity index (χ4n) is 10.1. The van der Waals surface area contributed by atoms with Gasteiger partial charge in [0.2, 0.25) is 47.3 Å². The van der Waals surface area contributed by atoms with Crippen LogP contribution in [0, 0.1) is 29.6 Å². The van der Waals surface area contributed by atoms with Crippen molar-refractivity contribution in [2.45, 2.75) is 133 Å². The molecule has 0 radical (unpaired) electrons. The standard InChI is InChI=1S/C53H77N9O16S2/c1-6-27(2)28(3)49(73)57-22-47(71)58-40-26-80(77)52-37(35-11-10-34(18-38(35)60-52)78-13-7-12-62-48(72)20-44(79-5)53(62)76)19-39(51(75)56-21-46(55)70)59-50(74)36(29(4)43(68)25-63)17-32(64)9-8-31-16-33(65)23-61(31)24-42(67)30(14-41(40)66)15-45(54)69/h10-11,18,27-31,33,36,39-40,43-44,60,63,65,68H,6-9,12-17,19-26H2,1-5H3,(H2,54,69)(H2,55,70)(H,56,75)(H,57,73)(H,58,71)(H,59,74)/t27-,28-,29+,30-,31+,33+,36-,39-,40-,43-,44?,80?/m0/s1. The number of aliphatic hydroxyl groups is 3. The Kier molecular flexibility index (Phi) is 24.3. The third kappa shape index (κ3) is 17.7. The monoisotopic (exact) mass is 1160 g/mol. The van der Waals surface area contributed by atoms with Gasteiger partial charge in [0, 0.05) is 86.9 Å². The van der Waals surface area contributed by atoms with Gasteiger partial charge in [0.05, 0.1) is 78.4 Å². The molecule has 5 rings (SSSR count). The van der Waals surface area contributed by atoms with E-state index in [4.69, 9.17) is 16.2 Å². The maximum Gasteiger partial charge on any atom is 0.243 e. The average molecular weight is 1160 g/mol. The molecule has 12 atom stereocenters. The molecule has 0 saturated carbocycles. The van der Waals surface area contributed by atoms with Gasteiger partial charge in [-0.1, -0.05) is 34.1 Å². The average Bonchev–Trinajstić information content (AvgIpc) is 4.19. The summed E-state index contributed by atoms with van der Waals surface area (Å²) in [6.45, 7) is 4.51. The Balaban J connectivity index is 1.62. The highest BCUT2D eigenvalue weighted by molar-refractivity contribution is 8.00. The number of aromatic amines is 1. The molecule has 1 aromatic heterocycles. The molecule has 1 aromatic carbocycles. The van der Waals surface area contributed by atoms with Gasteiger partial charge in [-0.15, -0.1) is 0 Å². The molecule has 3 aliphatic rings. The lowest BCUT2D eigenvalue weighted by Gasteiger charge is -2.28. The lowest BCUT2D eigenvalue weighted by molar-refractivity contribution is -0.138. The van der Waals surface area contributed by atoms with E-state index >= 15 is 4.21 Å². The normalized spacial score (nSPS) is 25.6. The molecule has 25 nitrogen and oxygen atoms in total. The Morgan fingerprint density at radius 3 is 2.34 bits per heavy atom. The fraction of sp³-hybridized carbons (Fsp3) is 0.642. The van der Waals surface area contributed by atoms with Gasteiger partial charge in [-0.05, 0) is 55.1 Å². The third-order valence-electron chi connectivity index (χ3n) is 15.4. The summed E-state index contributed by atoms with van der Waals surface area (Å²) in [5, 5.41) is 41.4. The van der Waals surface area contributed by atoms with E-state index in [-0.39, 0.29) is 91.4 Å². The number of H-pyrrole nitrogens is 1. The molecule has 2 unspecified atom stereocenters. The zero-order valence-corrected chi connectivity index (χ0v) is 47.5. The van der Waals surface area contributed by atoms with Gasteiger partial charge in [-0.25, -0.2) is 0 Å². The second-order valence-corrected chi connectivity index (χ2v) is 23.6. The number of primary amides is 2. The minimum Gasteiger partial charge on any atom is -0.493 e. The van der Waals surface area contributed by atoms with Crippen molar-refractivity contribution in [3.05, 3.63) is 23.8 Å². The SMILES string of the molecule is CC[C@H](C)[C@H](C)C(=O)NCC(=O)N[C@H]1CS(=O)c2[nH]c3cc(OCCCN4C(=O)CC(SC)C4=O)ccc3c2C[C@@H](C(=O)NCC(N)=O)NC(=O)[C@H]([C@@H](C)[C@@H](O)CO)CC(=O)CC[C@@H]2C[C@@H](O)CN2CC(=O)[C@H](CC(N)=O)CC1=O. The fourth-order valence-corrected chi connectivity index (χ4v) is 12.2. The number of benzene rings is 1. The molecule has 8 amide bonds. The van der Waals surface area contributed by atoms with E-state index < -0.39 is 181 Å². The number of carbonyl (C=O) groups is 11. The van der Waals surface area contributed by atoms with Gasteiger partial charge in [0.1, 0.15) is 22.6 Å². The van der Waals surface area contributed by atoms with E-state index in [9.17, 15) is 68.1 Å². The maximum absolute atomic E-state index is 15.1. The van der Waals surface area contributed by atoms with Crippen LogP contribution in [0.2, 0.25) is 0 Å². The molecule has 0 spiro atoms. The Bertz CT molecular complexity index is 2670. The van der Waals surface area contributed by atoms with Crippen molar-refractivity contribution in [1.29, 1.82) is 0 Å².